The maximum atomic E-state index is 14.6. The van der Waals surface area contributed by atoms with E-state index in [1.54, 1.807) is 38.1 Å². The number of nitrogens with zero attached hydrogens (tertiary/aromatic N) is 1. The van der Waals surface area contributed by atoms with Gasteiger partial charge in [0.1, 0.15) is 12.0 Å². The van der Waals surface area contributed by atoms with Crippen molar-refractivity contribution in [3.05, 3.63) is 48.6 Å². The van der Waals surface area contributed by atoms with Crippen molar-refractivity contribution in [3.63, 3.8) is 0 Å². The van der Waals surface area contributed by atoms with E-state index < -0.39 is 83.6 Å². The Hall–Kier alpha value is -3.40. The molecule has 0 bridgehead atoms. The number of esters is 2. The van der Waals surface area contributed by atoms with Gasteiger partial charge in [-0.2, -0.15) is 0 Å². The van der Waals surface area contributed by atoms with Crippen LogP contribution in [0.4, 0.5) is 4.79 Å². The number of alkyl carbamates (subject to hydrolysis) is 1. The molecular weight excluding hydrogens is 710 g/mol. The normalized spacial score (nSPS) is 38.4. The van der Waals surface area contributed by atoms with Crippen molar-refractivity contribution in [2.45, 2.75) is 141 Å². The van der Waals surface area contributed by atoms with Gasteiger partial charge in [-0.3, -0.25) is 9.59 Å². The molecule has 3 heterocycles. The van der Waals surface area contributed by atoms with Gasteiger partial charge in [0, 0.05) is 12.0 Å². The van der Waals surface area contributed by atoms with Crippen molar-refractivity contribution in [2.75, 3.05) is 27.2 Å². The van der Waals surface area contributed by atoms with Crippen LogP contribution in [-0.2, 0) is 38.0 Å². The molecule has 55 heavy (non-hydrogen) atoms. The SMILES string of the molecule is C=CC(O)CO[C@]1(C)C[C@@H](C)CN[C@H](C)[C@H]2NC(=O)O[C@]2(C)[C@@H](CC)OC(=O)[C@H](C)C(=O)[C@H](C)[C@H]1OC1OC(C)CC(N(C)C)C1OC(=O)c1ccccc1. The van der Waals surface area contributed by atoms with Gasteiger partial charge >= 0.3 is 18.0 Å². The predicted molar refractivity (Wildman–Crippen MR) is 204 cm³/mol. The number of ether oxygens (including phenoxy) is 6. The lowest BCUT2D eigenvalue weighted by molar-refractivity contribution is -0.297. The molecule has 14 atom stereocenters. The Kier molecular flexibility index (Phi) is 15.1. The number of fused-ring (bicyclic) bond motifs is 1. The van der Waals surface area contributed by atoms with E-state index in [2.05, 4.69) is 17.2 Å². The van der Waals surface area contributed by atoms with E-state index >= 15 is 0 Å². The molecule has 1 amide bonds. The first-order chi connectivity index (χ1) is 25.8. The molecule has 0 spiro atoms. The molecule has 308 valence electrons. The van der Waals surface area contributed by atoms with Crippen molar-refractivity contribution < 1.29 is 52.7 Å². The Morgan fingerprint density at radius 2 is 1.78 bits per heavy atom. The summed E-state index contributed by atoms with van der Waals surface area (Å²) in [6.45, 7) is 18.4. The lowest BCUT2D eigenvalue weighted by Crippen LogP contribution is -2.60. The number of benzene rings is 1. The third-order valence-corrected chi connectivity index (χ3v) is 11.4. The average molecular weight is 774 g/mol. The Balaban J connectivity index is 1.80. The fourth-order valence-electron chi connectivity index (χ4n) is 8.29. The molecule has 0 aliphatic carbocycles. The molecule has 4 rings (SSSR count). The Morgan fingerprint density at radius 3 is 2.40 bits per heavy atom. The highest BCUT2D eigenvalue weighted by molar-refractivity contribution is 6.00. The fraction of sp³-hybridized carbons (Fsp3) is 0.707. The lowest BCUT2D eigenvalue weighted by Gasteiger charge is -2.48. The number of likely N-dealkylation sites (N-methyl/N-ethyl adjacent to an activating group) is 1. The van der Waals surface area contributed by atoms with Crippen molar-refractivity contribution in [3.8, 4) is 0 Å². The molecule has 3 aliphatic heterocycles. The minimum atomic E-state index is -1.29. The van der Waals surface area contributed by atoms with Crippen molar-refractivity contribution in [1.29, 1.82) is 0 Å². The second-order valence-corrected chi connectivity index (χ2v) is 16.2. The van der Waals surface area contributed by atoms with Crippen LogP contribution in [-0.4, -0.2) is 127 Å². The van der Waals surface area contributed by atoms with Crippen molar-refractivity contribution in [2.24, 2.45) is 17.8 Å². The van der Waals surface area contributed by atoms with Gasteiger partial charge in [0.2, 0.25) is 0 Å². The maximum absolute atomic E-state index is 14.6. The molecule has 14 nitrogen and oxygen atoms in total. The van der Waals surface area contributed by atoms with Gasteiger partial charge in [0.25, 0.3) is 0 Å². The van der Waals surface area contributed by atoms with Gasteiger partial charge in [-0.1, -0.05) is 45.0 Å². The molecular formula is C41H63N3O11. The number of ketones is 1. The number of cyclic esters (lactones) is 1. The smallest absolute Gasteiger partial charge is 0.408 e. The molecule has 5 unspecified atom stereocenters. The number of hydrogen-bond donors (Lipinski definition) is 3. The molecule has 1 aromatic carbocycles. The number of rotatable bonds is 10. The number of amides is 1. The Bertz CT molecular complexity index is 1490. The fourth-order valence-corrected chi connectivity index (χ4v) is 8.29. The van der Waals surface area contributed by atoms with E-state index in [-0.39, 0.29) is 30.7 Å². The lowest BCUT2D eigenvalue weighted by atomic mass is 9.78. The van der Waals surface area contributed by atoms with E-state index in [9.17, 15) is 24.3 Å². The number of aliphatic hydroxyl groups excluding tert-OH is 1. The Labute approximate surface area is 325 Å². The zero-order valence-electron chi connectivity index (χ0n) is 34.1. The molecule has 3 aliphatic rings. The highest BCUT2D eigenvalue weighted by Gasteiger charge is 2.55. The van der Waals surface area contributed by atoms with Crippen LogP contribution < -0.4 is 10.6 Å². The maximum Gasteiger partial charge on any atom is 0.408 e. The van der Waals surface area contributed by atoms with Gasteiger partial charge < -0.3 is 49.1 Å². The van der Waals surface area contributed by atoms with Crippen LogP contribution in [0.5, 0.6) is 0 Å². The number of Topliss-reactive ketones (excluding diaryl/α,β-unsaturated/α-hetero) is 1. The van der Waals surface area contributed by atoms with Crippen LogP contribution in [0.1, 0.15) is 85.0 Å². The summed E-state index contributed by atoms with van der Waals surface area (Å²) in [5.74, 6) is -4.19. The average Bonchev–Trinajstić information content (AvgIpc) is 3.47. The number of aliphatic hydroxyl groups is 1. The molecule has 14 heteroatoms. The van der Waals surface area contributed by atoms with E-state index in [0.717, 1.165) is 0 Å². The summed E-state index contributed by atoms with van der Waals surface area (Å²) < 4.78 is 38.0. The monoisotopic (exact) mass is 773 g/mol. The van der Waals surface area contributed by atoms with E-state index in [4.69, 9.17) is 28.4 Å². The summed E-state index contributed by atoms with van der Waals surface area (Å²) in [6, 6.07) is 7.43. The quantitative estimate of drug-likeness (QED) is 0.135. The van der Waals surface area contributed by atoms with Crippen molar-refractivity contribution in [1.82, 2.24) is 15.5 Å². The largest absolute Gasteiger partial charge is 0.458 e. The highest BCUT2D eigenvalue weighted by Crippen LogP contribution is 2.39. The van der Waals surface area contributed by atoms with Crippen LogP contribution in [0.15, 0.2) is 43.0 Å². The molecule has 3 N–H and O–H groups in total. The molecule has 3 saturated heterocycles. The highest BCUT2D eigenvalue weighted by atomic mass is 16.7. The molecule has 1 aromatic rings. The number of nitrogens with one attached hydrogen (secondary N) is 2. The van der Waals surface area contributed by atoms with E-state index in [1.165, 1.54) is 13.0 Å². The van der Waals surface area contributed by atoms with Crippen LogP contribution in [0.3, 0.4) is 0 Å². The molecule has 0 saturated carbocycles. The van der Waals surface area contributed by atoms with Crippen LogP contribution in [0.2, 0.25) is 0 Å². The van der Waals surface area contributed by atoms with Crippen LogP contribution >= 0.6 is 0 Å². The first kappa shape index (κ1) is 44.3. The van der Waals surface area contributed by atoms with Crippen LogP contribution in [0, 0.1) is 17.8 Å². The van der Waals surface area contributed by atoms with Gasteiger partial charge in [-0.15, -0.1) is 6.58 Å². The topological polar surface area (TPSA) is 171 Å². The van der Waals surface area contributed by atoms with Gasteiger partial charge in [-0.25, -0.2) is 9.59 Å². The third kappa shape index (κ3) is 10.3. The summed E-state index contributed by atoms with van der Waals surface area (Å²) in [7, 11) is 3.78. The van der Waals surface area contributed by atoms with Gasteiger partial charge in [0.05, 0.1) is 48.2 Å². The minimum absolute atomic E-state index is 0.124. The first-order valence-corrected chi connectivity index (χ1v) is 19.5. The summed E-state index contributed by atoms with van der Waals surface area (Å²) in [5.41, 5.74) is -2.15. The summed E-state index contributed by atoms with van der Waals surface area (Å²) >= 11 is 0. The summed E-state index contributed by atoms with van der Waals surface area (Å²) in [5, 5.41) is 17.0. The van der Waals surface area contributed by atoms with Gasteiger partial charge in [0.15, 0.2) is 23.8 Å². The zero-order valence-corrected chi connectivity index (χ0v) is 34.1. The standard InChI is InChI=1S/C41H63N3O11/c1-12-29(45)22-50-40(8)20-23(3)21-42-27(7)34-41(9,55-39(49)43-34)31(13-2)52-36(47)26(6)32(46)25(5)35(40)54-38-33(30(44(10)11)19-24(4)51-38)53-37(48)28-17-15-14-16-18-28/h12,14-18,23-27,29-31,33-35,38,42,45H,1,13,19-22H2,2-11H3,(H,43,49)/t23-,24?,25+,26-,27-,29?,30?,31-,33?,34-,35-,38?,40-,41-/m1/s1. The summed E-state index contributed by atoms with van der Waals surface area (Å²) in [4.78, 5) is 56.6. The minimum Gasteiger partial charge on any atom is -0.458 e. The van der Waals surface area contributed by atoms with E-state index in [0.29, 0.717) is 31.4 Å². The second kappa shape index (κ2) is 18.7. The van der Waals surface area contributed by atoms with Crippen molar-refractivity contribution >= 4 is 23.8 Å². The Morgan fingerprint density at radius 1 is 1.11 bits per heavy atom. The molecule has 3 fully saturated rings. The first-order valence-electron chi connectivity index (χ1n) is 19.5. The number of carbonyl (C=O) groups is 4. The summed E-state index contributed by atoms with van der Waals surface area (Å²) in [6.07, 6.45) is -3.47. The van der Waals surface area contributed by atoms with E-state index in [1.807, 2.05) is 59.7 Å². The molecule has 0 aromatic heterocycles. The predicted octanol–water partition coefficient (Wildman–Crippen LogP) is 4.03. The number of carbonyl (C=O) groups excluding carboxylic acids is 4. The zero-order chi connectivity index (χ0) is 40.8. The number of hydrogen-bond acceptors (Lipinski definition) is 13. The third-order valence-electron chi connectivity index (χ3n) is 11.4. The van der Waals surface area contributed by atoms with Gasteiger partial charge in [-0.05, 0) is 92.6 Å². The second-order valence-electron chi connectivity index (χ2n) is 16.2. The van der Waals surface area contributed by atoms with Crippen LogP contribution in [0.25, 0.3) is 0 Å². The molecule has 0 radical (unpaired) electrons.